The Morgan fingerprint density at radius 2 is 2.06 bits per heavy atom. The first-order chi connectivity index (χ1) is 7.76. The third-order valence-electron chi connectivity index (χ3n) is 3.93. The largest absolute Gasteiger partial charge is 0.334 e. The van der Waals surface area contributed by atoms with Gasteiger partial charge in [0.2, 0.25) is 5.91 Å². The minimum atomic E-state index is 0.285. The molecule has 2 fully saturated rings. The van der Waals surface area contributed by atoms with Crippen LogP contribution >= 0.6 is 0 Å². The fourth-order valence-corrected chi connectivity index (χ4v) is 3.08. The van der Waals surface area contributed by atoms with E-state index in [0.717, 1.165) is 26.1 Å². The third kappa shape index (κ3) is 2.23. The van der Waals surface area contributed by atoms with E-state index in [4.69, 9.17) is 0 Å². The number of hydrogen-bond acceptors (Lipinski definition) is 3. The highest BCUT2D eigenvalue weighted by Gasteiger charge is 2.39. The fraction of sp³-hybridized carbons (Fsp3) is 0.917. The van der Waals surface area contributed by atoms with E-state index in [9.17, 15) is 4.79 Å². The van der Waals surface area contributed by atoms with E-state index in [0.29, 0.717) is 18.6 Å². The number of fused-ring (bicyclic) bond motifs is 2. The zero-order valence-corrected chi connectivity index (χ0v) is 10.4. The number of likely N-dealkylation sites (tertiary alicyclic amines) is 1. The van der Waals surface area contributed by atoms with Gasteiger partial charge in [-0.25, -0.2) is 0 Å². The molecule has 2 aliphatic heterocycles. The Hall–Kier alpha value is -0.610. The predicted molar refractivity (Wildman–Crippen MR) is 64.3 cm³/mol. The monoisotopic (exact) mass is 225 g/mol. The minimum Gasteiger partial charge on any atom is -0.334 e. The van der Waals surface area contributed by atoms with Crippen LogP contribution in [0.2, 0.25) is 0 Å². The maximum absolute atomic E-state index is 12.1. The lowest BCUT2D eigenvalue weighted by atomic mass is 10.1. The van der Waals surface area contributed by atoms with Crippen LogP contribution in [-0.4, -0.2) is 61.0 Å². The number of rotatable bonds is 3. The molecule has 1 amide bonds. The highest BCUT2D eigenvalue weighted by atomic mass is 16.2. The van der Waals surface area contributed by atoms with Crippen molar-refractivity contribution in [3.63, 3.8) is 0 Å². The lowest BCUT2D eigenvalue weighted by Crippen LogP contribution is -2.46. The second-order valence-corrected chi connectivity index (χ2v) is 4.90. The van der Waals surface area contributed by atoms with E-state index in [1.54, 1.807) is 0 Å². The first-order valence-electron chi connectivity index (χ1n) is 6.44. The van der Waals surface area contributed by atoms with Gasteiger partial charge in [0, 0.05) is 25.2 Å². The van der Waals surface area contributed by atoms with Crippen LogP contribution in [0.3, 0.4) is 0 Å². The molecule has 0 aromatic rings. The molecule has 16 heavy (non-hydrogen) atoms. The predicted octanol–water partition coefficient (Wildman–Crippen LogP) is 0.291. The Labute approximate surface area is 98.0 Å². The summed E-state index contributed by atoms with van der Waals surface area (Å²) in [5.41, 5.74) is 0. The minimum absolute atomic E-state index is 0.285. The molecule has 1 N–H and O–H groups in total. The summed E-state index contributed by atoms with van der Waals surface area (Å²) in [5.74, 6) is 0.285. The molecule has 0 saturated carbocycles. The molecule has 4 nitrogen and oxygen atoms in total. The molecule has 0 aromatic carbocycles. The van der Waals surface area contributed by atoms with Gasteiger partial charge in [0.25, 0.3) is 0 Å². The molecule has 2 aliphatic rings. The molecule has 0 radical (unpaired) electrons. The van der Waals surface area contributed by atoms with Gasteiger partial charge in [-0.15, -0.1) is 0 Å². The summed E-state index contributed by atoms with van der Waals surface area (Å²) in [4.78, 5) is 16.7. The second kappa shape index (κ2) is 5.15. The van der Waals surface area contributed by atoms with Crippen molar-refractivity contribution in [2.45, 2.75) is 38.3 Å². The Morgan fingerprint density at radius 1 is 1.31 bits per heavy atom. The van der Waals surface area contributed by atoms with Gasteiger partial charge >= 0.3 is 0 Å². The van der Waals surface area contributed by atoms with Gasteiger partial charge in [-0.3, -0.25) is 4.79 Å². The van der Waals surface area contributed by atoms with Gasteiger partial charge in [-0.05, 0) is 32.9 Å². The van der Waals surface area contributed by atoms with Crippen LogP contribution in [0.5, 0.6) is 0 Å². The molecule has 2 rings (SSSR count). The van der Waals surface area contributed by atoms with Crippen molar-refractivity contribution < 1.29 is 4.79 Å². The van der Waals surface area contributed by atoms with E-state index in [2.05, 4.69) is 22.0 Å². The van der Waals surface area contributed by atoms with Crippen molar-refractivity contribution in [1.82, 2.24) is 15.1 Å². The number of carbonyl (C=O) groups is 1. The first kappa shape index (κ1) is 11.9. The Kier molecular flexibility index (Phi) is 3.82. The van der Waals surface area contributed by atoms with E-state index in [1.165, 1.54) is 12.8 Å². The maximum Gasteiger partial charge on any atom is 0.237 e. The van der Waals surface area contributed by atoms with Crippen LogP contribution in [0, 0.1) is 0 Å². The Balaban J connectivity index is 2.05. The zero-order chi connectivity index (χ0) is 11.5. The Bertz CT molecular complexity index is 257. The number of nitrogens with zero attached hydrogens (tertiary/aromatic N) is 2. The van der Waals surface area contributed by atoms with Crippen molar-refractivity contribution in [2.75, 3.05) is 33.2 Å². The second-order valence-electron chi connectivity index (χ2n) is 4.90. The van der Waals surface area contributed by atoms with Crippen molar-refractivity contribution in [1.29, 1.82) is 0 Å². The molecule has 2 unspecified atom stereocenters. The van der Waals surface area contributed by atoms with Crippen LogP contribution < -0.4 is 5.32 Å². The smallest absolute Gasteiger partial charge is 0.237 e. The topological polar surface area (TPSA) is 35.6 Å². The third-order valence-corrected chi connectivity index (χ3v) is 3.93. The molecule has 2 atom stereocenters. The van der Waals surface area contributed by atoms with Gasteiger partial charge in [0.15, 0.2) is 0 Å². The van der Waals surface area contributed by atoms with Gasteiger partial charge in [-0.2, -0.15) is 0 Å². The van der Waals surface area contributed by atoms with Crippen LogP contribution in [-0.2, 0) is 4.79 Å². The van der Waals surface area contributed by atoms with Crippen LogP contribution in [0.15, 0.2) is 0 Å². The van der Waals surface area contributed by atoms with E-state index in [-0.39, 0.29) is 5.91 Å². The average molecular weight is 225 g/mol. The van der Waals surface area contributed by atoms with E-state index < -0.39 is 0 Å². The highest BCUT2D eigenvalue weighted by molar-refractivity contribution is 5.79. The summed E-state index contributed by atoms with van der Waals surface area (Å²) in [6, 6.07) is 0.968. The van der Waals surface area contributed by atoms with Gasteiger partial charge in [0.1, 0.15) is 0 Å². The van der Waals surface area contributed by atoms with Crippen molar-refractivity contribution in [2.24, 2.45) is 0 Å². The lowest BCUT2D eigenvalue weighted by Gasteiger charge is -2.28. The standard InChI is InChI=1S/C12H23N3O/c1-3-14-7-6-10-4-5-11(9-14)15(10)12(16)8-13-2/h10-11,13H,3-9H2,1-2H3. The summed E-state index contributed by atoms with van der Waals surface area (Å²) in [6.07, 6.45) is 3.55. The van der Waals surface area contributed by atoms with Crippen LogP contribution in [0.4, 0.5) is 0 Å². The molecular weight excluding hydrogens is 202 g/mol. The zero-order valence-electron chi connectivity index (χ0n) is 10.4. The number of amides is 1. The SMILES string of the molecule is CCN1CCC2CCC(C1)N2C(=O)CNC. The summed E-state index contributed by atoms with van der Waals surface area (Å²) >= 11 is 0. The van der Waals surface area contributed by atoms with E-state index >= 15 is 0 Å². The number of hydrogen-bond donors (Lipinski definition) is 1. The maximum atomic E-state index is 12.1. The van der Waals surface area contributed by atoms with Gasteiger partial charge < -0.3 is 15.1 Å². The van der Waals surface area contributed by atoms with Crippen LogP contribution in [0.1, 0.15) is 26.2 Å². The van der Waals surface area contributed by atoms with Gasteiger partial charge in [-0.1, -0.05) is 6.92 Å². The molecule has 2 saturated heterocycles. The van der Waals surface area contributed by atoms with Gasteiger partial charge in [0.05, 0.1) is 6.54 Å². The van der Waals surface area contributed by atoms with Crippen molar-refractivity contribution >= 4 is 5.91 Å². The average Bonchev–Trinajstić information content (AvgIpc) is 2.54. The highest BCUT2D eigenvalue weighted by Crippen LogP contribution is 2.29. The van der Waals surface area contributed by atoms with Crippen molar-refractivity contribution in [3.05, 3.63) is 0 Å². The fourth-order valence-electron chi connectivity index (χ4n) is 3.08. The molecule has 92 valence electrons. The summed E-state index contributed by atoms with van der Waals surface area (Å²) < 4.78 is 0. The van der Waals surface area contributed by atoms with Crippen molar-refractivity contribution in [3.8, 4) is 0 Å². The molecular formula is C12H23N3O. The molecule has 2 bridgehead atoms. The molecule has 0 aromatic heterocycles. The Morgan fingerprint density at radius 3 is 2.75 bits per heavy atom. The molecule has 2 heterocycles. The van der Waals surface area contributed by atoms with Crippen LogP contribution in [0.25, 0.3) is 0 Å². The molecule has 0 spiro atoms. The number of carbonyl (C=O) groups excluding carboxylic acids is 1. The summed E-state index contributed by atoms with van der Waals surface area (Å²) in [5, 5.41) is 2.97. The summed E-state index contributed by atoms with van der Waals surface area (Å²) in [6.45, 7) is 6.03. The quantitative estimate of drug-likeness (QED) is 0.750. The number of nitrogens with one attached hydrogen (secondary N) is 1. The summed E-state index contributed by atoms with van der Waals surface area (Å²) in [7, 11) is 1.84. The number of likely N-dealkylation sites (N-methyl/N-ethyl adjacent to an activating group) is 2. The first-order valence-corrected chi connectivity index (χ1v) is 6.44. The lowest BCUT2D eigenvalue weighted by molar-refractivity contribution is -0.132. The molecule has 0 aliphatic carbocycles. The normalized spacial score (nSPS) is 30.5. The van der Waals surface area contributed by atoms with E-state index in [1.807, 2.05) is 7.05 Å². The molecule has 4 heteroatoms.